The summed E-state index contributed by atoms with van der Waals surface area (Å²) in [5.74, 6) is 6.78. The Morgan fingerprint density at radius 2 is 1.94 bits per heavy atom. The predicted octanol–water partition coefficient (Wildman–Crippen LogP) is 2.41. The molecule has 1 aromatic carbocycles. The van der Waals surface area contributed by atoms with Crippen molar-refractivity contribution >= 4 is 0 Å². The van der Waals surface area contributed by atoms with Crippen LogP contribution in [0, 0.1) is 0 Å². The molecule has 0 unspecified atom stereocenters. The van der Waals surface area contributed by atoms with Gasteiger partial charge in [0.25, 0.3) is 0 Å². The Morgan fingerprint density at radius 3 is 2.67 bits per heavy atom. The monoisotopic (exact) mass is 251 g/mol. The van der Waals surface area contributed by atoms with Gasteiger partial charge in [-0.2, -0.15) is 0 Å². The highest BCUT2D eigenvalue weighted by Gasteiger charge is 2.22. The zero-order valence-electron chi connectivity index (χ0n) is 11.1. The fourth-order valence-corrected chi connectivity index (χ4v) is 2.04. The Balaban J connectivity index is 2.21. The maximum Gasteiger partial charge on any atom is 0.161 e. The summed E-state index contributed by atoms with van der Waals surface area (Å²) in [6.45, 7) is 6.32. The molecule has 100 valence electrons. The Labute approximate surface area is 108 Å². The highest BCUT2D eigenvalue weighted by molar-refractivity contribution is 5.45. The van der Waals surface area contributed by atoms with Crippen LogP contribution < -0.4 is 15.4 Å². The van der Waals surface area contributed by atoms with Crippen molar-refractivity contribution in [3.8, 4) is 11.5 Å². The van der Waals surface area contributed by atoms with Crippen LogP contribution in [0.4, 0.5) is 0 Å². The second-order valence-electron chi connectivity index (χ2n) is 5.22. The van der Waals surface area contributed by atoms with Gasteiger partial charge in [-0.05, 0) is 29.5 Å². The summed E-state index contributed by atoms with van der Waals surface area (Å²) in [4.78, 5) is 4.68. The van der Waals surface area contributed by atoms with E-state index < -0.39 is 0 Å². The number of hydrogen-bond donors (Lipinski definition) is 1. The summed E-state index contributed by atoms with van der Waals surface area (Å²) < 4.78 is 11.3. The van der Waals surface area contributed by atoms with E-state index in [0.29, 0.717) is 13.2 Å². The van der Waals surface area contributed by atoms with Crippen molar-refractivity contribution in [2.45, 2.75) is 32.1 Å². The van der Waals surface area contributed by atoms with Crippen LogP contribution in [0.2, 0.25) is 0 Å². The molecule has 0 saturated heterocycles. The maximum absolute atomic E-state index is 5.71. The normalized spacial score (nSPS) is 15.3. The van der Waals surface area contributed by atoms with E-state index >= 15 is 0 Å². The van der Waals surface area contributed by atoms with E-state index in [1.165, 1.54) is 5.56 Å². The Bertz CT molecular complexity index is 404. The number of nitrogens with two attached hydrogens (primary N) is 1. The average Bonchev–Trinajstić information content (AvgIpc) is 2.60. The number of benzene rings is 1. The highest BCUT2D eigenvalue weighted by Crippen LogP contribution is 2.36. The summed E-state index contributed by atoms with van der Waals surface area (Å²) in [5.41, 5.74) is 1.22. The van der Waals surface area contributed by atoms with Crippen LogP contribution in [0.3, 0.4) is 0 Å². The fraction of sp³-hybridized carbons (Fsp3) is 0.571. The maximum atomic E-state index is 5.71. The molecule has 2 N–H and O–H groups in total. The van der Waals surface area contributed by atoms with Crippen LogP contribution in [0.1, 0.15) is 32.3 Å². The van der Waals surface area contributed by atoms with Gasteiger partial charge in [0.05, 0.1) is 19.8 Å². The van der Waals surface area contributed by atoms with E-state index in [1.54, 1.807) is 0 Å². The van der Waals surface area contributed by atoms with Gasteiger partial charge in [0, 0.05) is 6.42 Å². The van der Waals surface area contributed by atoms with Gasteiger partial charge in [-0.3, -0.25) is 0 Å². The Morgan fingerprint density at radius 1 is 1.22 bits per heavy atom. The van der Waals surface area contributed by atoms with Crippen molar-refractivity contribution in [2.75, 3.05) is 19.8 Å². The quantitative estimate of drug-likeness (QED) is 0.835. The van der Waals surface area contributed by atoms with Gasteiger partial charge in [0.1, 0.15) is 0 Å². The van der Waals surface area contributed by atoms with Gasteiger partial charge in [-0.15, -0.1) is 0 Å². The lowest BCUT2D eigenvalue weighted by Gasteiger charge is -2.25. The van der Waals surface area contributed by atoms with Crippen molar-refractivity contribution in [1.82, 2.24) is 0 Å². The SMILES string of the molecule is CC(C)(CCON)c1ccc2c(c1)OCCCO2. The van der Waals surface area contributed by atoms with Crippen LogP contribution in [0.5, 0.6) is 11.5 Å². The van der Waals surface area contributed by atoms with Crippen molar-refractivity contribution in [1.29, 1.82) is 0 Å². The molecular weight excluding hydrogens is 230 g/mol. The molecule has 0 radical (unpaired) electrons. The molecule has 0 atom stereocenters. The van der Waals surface area contributed by atoms with Crippen LogP contribution in [0.15, 0.2) is 18.2 Å². The molecule has 2 rings (SSSR count). The van der Waals surface area contributed by atoms with Crippen LogP contribution >= 0.6 is 0 Å². The number of hydrogen-bond acceptors (Lipinski definition) is 4. The lowest BCUT2D eigenvalue weighted by molar-refractivity contribution is 0.121. The van der Waals surface area contributed by atoms with Crippen molar-refractivity contribution in [3.63, 3.8) is 0 Å². The first-order valence-corrected chi connectivity index (χ1v) is 6.35. The molecule has 1 aromatic rings. The van der Waals surface area contributed by atoms with Gasteiger partial charge < -0.3 is 14.3 Å². The summed E-state index contributed by atoms with van der Waals surface area (Å²) in [6.07, 6.45) is 1.79. The molecule has 0 amide bonds. The fourth-order valence-electron chi connectivity index (χ4n) is 2.04. The van der Waals surface area contributed by atoms with E-state index in [0.717, 1.165) is 30.9 Å². The third-order valence-electron chi connectivity index (χ3n) is 3.37. The Hall–Kier alpha value is -1.26. The third-order valence-corrected chi connectivity index (χ3v) is 3.37. The molecule has 1 aliphatic heterocycles. The number of rotatable bonds is 4. The van der Waals surface area contributed by atoms with E-state index in [-0.39, 0.29) is 5.41 Å². The minimum Gasteiger partial charge on any atom is -0.490 e. The van der Waals surface area contributed by atoms with E-state index in [9.17, 15) is 0 Å². The summed E-state index contributed by atoms with van der Waals surface area (Å²) >= 11 is 0. The molecule has 1 aliphatic rings. The number of ether oxygens (including phenoxy) is 2. The predicted molar refractivity (Wildman–Crippen MR) is 69.8 cm³/mol. The molecule has 0 aliphatic carbocycles. The largest absolute Gasteiger partial charge is 0.490 e. The van der Waals surface area contributed by atoms with E-state index in [1.807, 2.05) is 6.07 Å². The van der Waals surface area contributed by atoms with Crippen molar-refractivity contribution in [2.24, 2.45) is 5.90 Å². The molecule has 0 aromatic heterocycles. The van der Waals surface area contributed by atoms with Gasteiger partial charge in [-0.25, -0.2) is 5.90 Å². The van der Waals surface area contributed by atoms with Gasteiger partial charge in [-0.1, -0.05) is 19.9 Å². The van der Waals surface area contributed by atoms with Crippen LogP contribution in [0.25, 0.3) is 0 Å². The molecule has 0 bridgehead atoms. The molecule has 0 saturated carbocycles. The van der Waals surface area contributed by atoms with Gasteiger partial charge >= 0.3 is 0 Å². The molecule has 0 spiro atoms. The van der Waals surface area contributed by atoms with Crippen LogP contribution in [-0.2, 0) is 10.3 Å². The zero-order chi connectivity index (χ0) is 13.0. The molecule has 18 heavy (non-hydrogen) atoms. The lowest BCUT2D eigenvalue weighted by atomic mass is 9.82. The molecular formula is C14H21NO3. The third kappa shape index (κ3) is 2.94. The second kappa shape index (κ2) is 5.59. The standard InChI is InChI=1S/C14H21NO3/c1-14(2,6-9-18-15)11-4-5-12-13(10-11)17-8-3-7-16-12/h4-5,10H,3,6-9,15H2,1-2H3. The van der Waals surface area contributed by atoms with Crippen molar-refractivity contribution in [3.05, 3.63) is 23.8 Å². The molecule has 0 fully saturated rings. The second-order valence-corrected chi connectivity index (χ2v) is 5.22. The summed E-state index contributed by atoms with van der Waals surface area (Å²) in [7, 11) is 0. The molecule has 4 heteroatoms. The first kappa shape index (κ1) is 13.2. The summed E-state index contributed by atoms with van der Waals surface area (Å²) in [5, 5.41) is 0. The first-order chi connectivity index (χ1) is 8.63. The topological polar surface area (TPSA) is 53.7 Å². The Kier molecular flexibility index (Phi) is 4.09. The molecule has 1 heterocycles. The lowest BCUT2D eigenvalue weighted by Crippen LogP contribution is -2.20. The number of fused-ring (bicyclic) bond motifs is 1. The van der Waals surface area contributed by atoms with E-state index in [4.69, 9.17) is 15.4 Å². The summed E-state index contributed by atoms with van der Waals surface area (Å²) in [6, 6.07) is 6.14. The van der Waals surface area contributed by atoms with Crippen LogP contribution in [-0.4, -0.2) is 19.8 Å². The first-order valence-electron chi connectivity index (χ1n) is 6.35. The molecule has 4 nitrogen and oxygen atoms in total. The van der Waals surface area contributed by atoms with Crippen molar-refractivity contribution < 1.29 is 14.3 Å². The van der Waals surface area contributed by atoms with Gasteiger partial charge in [0.15, 0.2) is 11.5 Å². The van der Waals surface area contributed by atoms with E-state index in [2.05, 4.69) is 30.8 Å². The smallest absolute Gasteiger partial charge is 0.161 e. The van der Waals surface area contributed by atoms with Gasteiger partial charge in [0.2, 0.25) is 0 Å². The highest BCUT2D eigenvalue weighted by atomic mass is 16.6. The zero-order valence-corrected chi connectivity index (χ0v) is 11.1. The average molecular weight is 251 g/mol. The minimum atomic E-state index is 0.00403. The minimum absolute atomic E-state index is 0.00403.